The molecule has 0 radical (unpaired) electrons. The van der Waals surface area contributed by atoms with Crippen molar-refractivity contribution in [1.82, 2.24) is 9.55 Å². The van der Waals surface area contributed by atoms with Crippen LogP contribution in [0.5, 0.6) is 6.01 Å². The van der Waals surface area contributed by atoms with E-state index in [4.69, 9.17) is 5.26 Å². The van der Waals surface area contributed by atoms with Crippen LogP contribution in [0.15, 0.2) is 79.0 Å². The Morgan fingerprint density at radius 1 is 1.00 bits per heavy atom. The van der Waals surface area contributed by atoms with Gasteiger partial charge in [0, 0.05) is 12.1 Å². The molecular weight excluding hydrogens is 479 g/mol. The maximum absolute atomic E-state index is 12.9. The van der Waals surface area contributed by atoms with E-state index in [2.05, 4.69) is 35.7 Å². The molecule has 188 valence electrons. The average molecular weight is 504 g/mol. The van der Waals surface area contributed by atoms with Crippen molar-refractivity contribution in [1.29, 1.82) is 5.26 Å². The topological polar surface area (TPSA) is 67.9 Å². The molecule has 3 aromatic carbocycles. The number of ether oxygens (including phenoxy) is 1. The molecule has 0 aliphatic carbocycles. The molecule has 0 fully saturated rings. The number of carbonyl (C=O) groups excluding carboxylic acids is 1. The fraction of sp³-hybridized carbons (Fsp3) is 0.207. The second kappa shape index (κ2) is 10.7. The number of hydrogen-bond acceptors (Lipinski definition) is 4. The Morgan fingerprint density at radius 3 is 2.27 bits per heavy atom. The number of aromatic nitrogens is 2. The SMILES string of the molecule is CC(C)c1ccccc1-c1ccc(Cn2c(Cc3ccc(C#N)cc3)cnc2OC(=O)C(F)(F)F)cc1. The first-order chi connectivity index (χ1) is 17.7. The summed E-state index contributed by atoms with van der Waals surface area (Å²) >= 11 is 0. The summed E-state index contributed by atoms with van der Waals surface area (Å²) in [6.07, 6.45) is -3.43. The quantitative estimate of drug-likeness (QED) is 0.265. The van der Waals surface area contributed by atoms with Crippen LogP contribution in [0.3, 0.4) is 0 Å². The van der Waals surface area contributed by atoms with Gasteiger partial charge in [0.1, 0.15) is 0 Å². The highest BCUT2D eigenvalue weighted by molar-refractivity contribution is 5.77. The molecular formula is C29H24F3N3O2. The molecule has 0 unspecified atom stereocenters. The van der Waals surface area contributed by atoms with Gasteiger partial charge in [-0.25, -0.2) is 9.78 Å². The molecule has 0 spiro atoms. The van der Waals surface area contributed by atoms with Gasteiger partial charge in [0.2, 0.25) is 0 Å². The number of alkyl halides is 3. The van der Waals surface area contributed by atoms with Crippen molar-refractivity contribution in [3.05, 3.63) is 107 Å². The number of rotatable bonds is 7. The second-order valence-corrected chi connectivity index (χ2v) is 8.93. The Labute approximate surface area is 212 Å². The smallest absolute Gasteiger partial charge is 0.385 e. The summed E-state index contributed by atoms with van der Waals surface area (Å²) in [5.41, 5.74) is 6.05. The predicted molar refractivity (Wildman–Crippen MR) is 133 cm³/mol. The summed E-state index contributed by atoms with van der Waals surface area (Å²) in [5, 5.41) is 9.01. The van der Waals surface area contributed by atoms with Crippen molar-refractivity contribution in [3.8, 4) is 23.2 Å². The molecule has 0 N–H and O–H groups in total. The first kappa shape index (κ1) is 25.7. The van der Waals surface area contributed by atoms with Gasteiger partial charge in [-0.2, -0.15) is 18.4 Å². The van der Waals surface area contributed by atoms with Crippen LogP contribution < -0.4 is 4.74 Å². The third kappa shape index (κ3) is 6.07. The van der Waals surface area contributed by atoms with E-state index in [1.54, 1.807) is 24.3 Å². The first-order valence-electron chi connectivity index (χ1n) is 11.7. The molecule has 0 amide bonds. The molecule has 0 aliphatic rings. The third-order valence-electron chi connectivity index (χ3n) is 5.97. The van der Waals surface area contributed by atoms with E-state index in [0.717, 1.165) is 22.3 Å². The summed E-state index contributed by atoms with van der Waals surface area (Å²) in [4.78, 5) is 15.5. The van der Waals surface area contributed by atoms with Gasteiger partial charge >= 0.3 is 18.2 Å². The normalized spacial score (nSPS) is 11.4. The Balaban J connectivity index is 1.64. The van der Waals surface area contributed by atoms with Crippen molar-refractivity contribution >= 4 is 5.97 Å². The monoisotopic (exact) mass is 503 g/mol. The van der Waals surface area contributed by atoms with Gasteiger partial charge in [0.25, 0.3) is 0 Å². The highest BCUT2D eigenvalue weighted by Crippen LogP contribution is 2.30. The molecule has 1 heterocycles. The van der Waals surface area contributed by atoms with Gasteiger partial charge in [0.05, 0.1) is 24.4 Å². The van der Waals surface area contributed by atoms with Gasteiger partial charge < -0.3 is 4.74 Å². The van der Waals surface area contributed by atoms with Gasteiger partial charge in [0.15, 0.2) is 0 Å². The maximum atomic E-state index is 12.9. The van der Waals surface area contributed by atoms with E-state index in [-0.39, 0.29) is 6.54 Å². The molecule has 37 heavy (non-hydrogen) atoms. The van der Waals surface area contributed by atoms with E-state index in [9.17, 15) is 18.0 Å². The zero-order chi connectivity index (χ0) is 26.6. The maximum Gasteiger partial charge on any atom is 0.491 e. The molecule has 4 aromatic rings. The van der Waals surface area contributed by atoms with E-state index in [0.29, 0.717) is 23.6 Å². The number of carbonyl (C=O) groups is 1. The number of esters is 1. The molecule has 8 heteroatoms. The highest BCUT2D eigenvalue weighted by Gasteiger charge is 2.42. The third-order valence-corrected chi connectivity index (χ3v) is 5.97. The van der Waals surface area contributed by atoms with Gasteiger partial charge in [-0.15, -0.1) is 0 Å². The average Bonchev–Trinajstić information content (AvgIpc) is 3.24. The number of imidazole rings is 1. The fourth-order valence-corrected chi connectivity index (χ4v) is 4.07. The molecule has 0 atom stereocenters. The lowest BCUT2D eigenvalue weighted by Gasteiger charge is -2.15. The van der Waals surface area contributed by atoms with Crippen LogP contribution in [0.1, 0.15) is 47.7 Å². The van der Waals surface area contributed by atoms with Crippen molar-refractivity contribution in [2.45, 2.75) is 38.9 Å². The van der Waals surface area contributed by atoms with Crippen molar-refractivity contribution in [3.63, 3.8) is 0 Å². The number of nitrogens with zero attached hydrogens (tertiary/aromatic N) is 3. The van der Waals surface area contributed by atoms with Crippen molar-refractivity contribution in [2.24, 2.45) is 0 Å². The van der Waals surface area contributed by atoms with Crippen LogP contribution in [0.4, 0.5) is 13.2 Å². The van der Waals surface area contributed by atoms with E-state index >= 15 is 0 Å². The summed E-state index contributed by atoms with van der Waals surface area (Å²) in [6.45, 7) is 4.41. The molecule has 1 aromatic heterocycles. The fourth-order valence-electron chi connectivity index (χ4n) is 4.07. The Morgan fingerprint density at radius 2 is 1.65 bits per heavy atom. The van der Waals surface area contributed by atoms with Crippen molar-refractivity contribution in [2.75, 3.05) is 0 Å². The zero-order valence-electron chi connectivity index (χ0n) is 20.3. The first-order valence-corrected chi connectivity index (χ1v) is 11.7. The molecule has 4 rings (SSSR count). The van der Waals surface area contributed by atoms with E-state index in [1.165, 1.54) is 16.3 Å². The standard InChI is InChI=1S/C29H24F3N3O2/c1-19(2)25-5-3-4-6-26(25)23-13-11-22(12-14-23)18-35-24(15-20-7-9-21(16-33)10-8-20)17-34-28(35)37-27(36)29(30,31)32/h3-14,17,19H,15,18H2,1-2H3. The molecule has 5 nitrogen and oxygen atoms in total. The lowest BCUT2D eigenvalue weighted by molar-refractivity contribution is -0.190. The largest absolute Gasteiger partial charge is 0.491 e. The minimum atomic E-state index is -5.14. The van der Waals surface area contributed by atoms with E-state index in [1.807, 2.05) is 42.5 Å². The van der Waals surface area contributed by atoms with Crippen LogP contribution in [-0.4, -0.2) is 21.7 Å². The van der Waals surface area contributed by atoms with Gasteiger partial charge in [-0.3, -0.25) is 4.57 Å². The molecule has 0 bridgehead atoms. The molecule has 0 aliphatic heterocycles. The lowest BCUT2D eigenvalue weighted by Crippen LogP contribution is -2.29. The van der Waals surface area contributed by atoms with Crippen LogP contribution >= 0.6 is 0 Å². The Kier molecular flexibility index (Phi) is 7.44. The summed E-state index contributed by atoms with van der Waals surface area (Å²) in [5.74, 6) is -1.98. The number of benzene rings is 3. The number of hydrogen-bond donors (Lipinski definition) is 0. The summed E-state index contributed by atoms with van der Waals surface area (Å²) in [7, 11) is 0. The minimum absolute atomic E-state index is 0.151. The Bertz CT molecular complexity index is 1430. The van der Waals surface area contributed by atoms with Crippen molar-refractivity contribution < 1.29 is 22.7 Å². The van der Waals surface area contributed by atoms with Gasteiger partial charge in [-0.05, 0) is 45.9 Å². The molecule has 0 saturated heterocycles. The van der Waals surface area contributed by atoms with Crippen LogP contribution in [-0.2, 0) is 17.8 Å². The zero-order valence-corrected chi connectivity index (χ0v) is 20.3. The molecule has 0 saturated carbocycles. The Hall–Kier alpha value is -4.38. The van der Waals surface area contributed by atoms with Crippen LogP contribution in [0, 0.1) is 11.3 Å². The highest BCUT2D eigenvalue weighted by atomic mass is 19.4. The number of nitriles is 1. The van der Waals surface area contributed by atoms with E-state index < -0.39 is 18.2 Å². The summed E-state index contributed by atoms with van der Waals surface area (Å²) < 4.78 is 44.7. The second-order valence-electron chi connectivity index (χ2n) is 8.93. The summed E-state index contributed by atoms with van der Waals surface area (Å²) in [6, 6.07) is 24.3. The minimum Gasteiger partial charge on any atom is -0.385 e. The number of halogens is 3. The van der Waals surface area contributed by atoms with Gasteiger partial charge in [-0.1, -0.05) is 74.5 Å². The predicted octanol–water partition coefficient (Wildman–Crippen LogP) is 6.65. The van der Waals surface area contributed by atoms with Crippen LogP contribution in [0.25, 0.3) is 11.1 Å². The van der Waals surface area contributed by atoms with Crippen LogP contribution in [0.2, 0.25) is 0 Å². The lowest BCUT2D eigenvalue weighted by atomic mass is 9.92.